The maximum absolute atomic E-state index is 10.5. The summed E-state index contributed by atoms with van der Waals surface area (Å²) in [5, 5.41) is 24.4. The number of aromatic nitrogens is 2. The second-order valence-electron chi connectivity index (χ2n) is 12.3. The van der Waals surface area contributed by atoms with Crippen LogP contribution in [0.5, 0.6) is 0 Å². The van der Waals surface area contributed by atoms with Crippen molar-refractivity contribution in [1.29, 1.82) is 10.5 Å². The Morgan fingerprint density at radius 3 is 1.72 bits per heavy atom. The molecule has 2 aromatic heterocycles. The number of nitriles is 2. The molecule has 2 heterocycles. The summed E-state index contributed by atoms with van der Waals surface area (Å²) < 4.78 is 4.37. The Kier molecular flexibility index (Phi) is 6.56. The van der Waals surface area contributed by atoms with E-state index in [2.05, 4.69) is 105 Å². The fourth-order valence-electron chi connectivity index (χ4n) is 7.37. The van der Waals surface area contributed by atoms with Crippen LogP contribution in [0.25, 0.3) is 82.1 Å². The molecule has 9 rings (SSSR count). The Morgan fingerprint density at radius 1 is 0.460 bits per heavy atom. The first-order valence-corrected chi connectivity index (χ1v) is 16.3. The molecule has 0 radical (unpaired) electrons. The van der Waals surface area contributed by atoms with Gasteiger partial charge in [-0.25, -0.2) is 4.85 Å². The van der Waals surface area contributed by atoms with E-state index in [0.717, 1.165) is 77.2 Å². The lowest BCUT2D eigenvalue weighted by molar-refractivity contribution is 1.17. The van der Waals surface area contributed by atoms with Crippen LogP contribution in [0.4, 0.5) is 5.69 Å². The number of para-hydroxylation sites is 3. The van der Waals surface area contributed by atoms with E-state index in [1.165, 1.54) is 0 Å². The zero-order chi connectivity index (χ0) is 33.8. The lowest BCUT2D eigenvalue weighted by Crippen LogP contribution is -1.98. The van der Waals surface area contributed by atoms with Gasteiger partial charge in [-0.3, -0.25) is 0 Å². The Balaban J connectivity index is 1.20. The van der Waals surface area contributed by atoms with Gasteiger partial charge in [0.1, 0.15) is 6.07 Å². The van der Waals surface area contributed by atoms with Crippen molar-refractivity contribution in [1.82, 2.24) is 9.13 Å². The molecule has 50 heavy (non-hydrogen) atoms. The van der Waals surface area contributed by atoms with Gasteiger partial charge in [-0.15, -0.1) is 0 Å². The SMILES string of the molecule is [C-]#[N+]c1ccc(-c2cccc(-c3ccc(-n4c5ccccc5c5cc(C#N)ccc54)c(C#N)c3)c2)c(-n2c3ccccc3c3ccccc32)c1. The quantitative estimate of drug-likeness (QED) is 0.181. The number of fused-ring (bicyclic) bond motifs is 6. The zero-order valence-corrected chi connectivity index (χ0v) is 26.7. The molecule has 230 valence electrons. The third-order valence-corrected chi connectivity index (χ3v) is 9.60. The second kappa shape index (κ2) is 11.4. The van der Waals surface area contributed by atoms with Gasteiger partial charge in [-0.1, -0.05) is 91.0 Å². The van der Waals surface area contributed by atoms with Crippen molar-refractivity contribution in [3.63, 3.8) is 0 Å². The van der Waals surface area contributed by atoms with Crippen molar-refractivity contribution < 1.29 is 0 Å². The van der Waals surface area contributed by atoms with Crippen LogP contribution in [0.1, 0.15) is 11.1 Å². The summed E-state index contributed by atoms with van der Waals surface area (Å²) in [6.45, 7) is 7.80. The minimum Gasteiger partial charge on any atom is -0.310 e. The first kappa shape index (κ1) is 28.8. The van der Waals surface area contributed by atoms with Gasteiger partial charge in [0.15, 0.2) is 5.69 Å². The summed E-state index contributed by atoms with van der Waals surface area (Å²) in [6, 6.07) is 55.6. The summed E-state index contributed by atoms with van der Waals surface area (Å²) >= 11 is 0. The standard InChI is InChI=1S/C45H25N5/c1-48-34-19-20-35(45(26-34)50-41-14-5-2-11-36(41)37-12-3-6-15-42(37)50)32-10-8-9-30(24-32)31-18-22-40(33(25-31)28-47)49-43-16-7-4-13-38(43)39-23-29(27-46)17-21-44(39)49/h2-26H. The summed E-state index contributed by atoms with van der Waals surface area (Å²) in [7, 11) is 0. The number of rotatable bonds is 4. The molecule has 5 heteroatoms. The van der Waals surface area contributed by atoms with Crippen molar-refractivity contribution in [2.75, 3.05) is 0 Å². The van der Waals surface area contributed by atoms with E-state index in [-0.39, 0.29) is 0 Å². The molecular formula is C45H25N5. The van der Waals surface area contributed by atoms with Gasteiger partial charge >= 0.3 is 0 Å². The van der Waals surface area contributed by atoms with Crippen LogP contribution < -0.4 is 0 Å². The molecule has 5 nitrogen and oxygen atoms in total. The topological polar surface area (TPSA) is 61.8 Å². The molecule has 0 spiro atoms. The van der Waals surface area contributed by atoms with Gasteiger partial charge in [0.2, 0.25) is 0 Å². The molecule has 0 aliphatic carbocycles. The molecule has 0 amide bonds. The van der Waals surface area contributed by atoms with Crippen LogP contribution >= 0.6 is 0 Å². The van der Waals surface area contributed by atoms with Crippen molar-refractivity contribution in [2.45, 2.75) is 0 Å². The Hall–Kier alpha value is -7.39. The molecule has 0 unspecified atom stereocenters. The van der Waals surface area contributed by atoms with Gasteiger partial charge in [-0.05, 0) is 77.4 Å². The molecule has 0 N–H and O–H groups in total. The number of hydrogen-bond donors (Lipinski definition) is 0. The highest BCUT2D eigenvalue weighted by molar-refractivity contribution is 6.11. The van der Waals surface area contributed by atoms with Crippen molar-refractivity contribution >= 4 is 49.3 Å². The molecule has 7 aromatic carbocycles. The molecule has 0 saturated heterocycles. The predicted molar refractivity (Wildman–Crippen MR) is 202 cm³/mol. The van der Waals surface area contributed by atoms with Crippen LogP contribution in [0.2, 0.25) is 0 Å². The first-order valence-electron chi connectivity index (χ1n) is 16.3. The summed E-state index contributed by atoms with van der Waals surface area (Å²) in [6.07, 6.45) is 0. The predicted octanol–water partition coefficient (Wildman–Crippen LogP) is 11.5. The average Bonchev–Trinajstić information content (AvgIpc) is 3.70. The fraction of sp³-hybridized carbons (Fsp3) is 0. The number of nitrogens with zero attached hydrogens (tertiary/aromatic N) is 5. The van der Waals surface area contributed by atoms with Crippen LogP contribution in [-0.4, -0.2) is 9.13 Å². The van der Waals surface area contributed by atoms with E-state index < -0.39 is 0 Å². The van der Waals surface area contributed by atoms with Gasteiger partial charge in [-0.2, -0.15) is 10.5 Å². The van der Waals surface area contributed by atoms with E-state index in [1.54, 1.807) is 0 Å². The summed E-state index contributed by atoms with van der Waals surface area (Å²) in [5.41, 5.74) is 11.4. The van der Waals surface area contributed by atoms with E-state index in [1.807, 2.05) is 72.8 Å². The highest BCUT2D eigenvalue weighted by Crippen LogP contribution is 2.40. The molecule has 0 atom stereocenters. The van der Waals surface area contributed by atoms with Gasteiger partial charge in [0.05, 0.1) is 51.5 Å². The first-order chi connectivity index (χ1) is 24.7. The third-order valence-electron chi connectivity index (χ3n) is 9.60. The monoisotopic (exact) mass is 635 g/mol. The maximum Gasteiger partial charge on any atom is 0.189 e. The Labute approximate surface area is 288 Å². The summed E-state index contributed by atoms with van der Waals surface area (Å²) in [5.74, 6) is 0. The van der Waals surface area contributed by atoms with Gasteiger partial charge in [0, 0.05) is 32.8 Å². The van der Waals surface area contributed by atoms with E-state index in [4.69, 9.17) is 6.57 Å². The molecule has 0 saturated carbocycles. The molecule has 0 bridgehead atoms. The molecule has 0 fully saturated rings. The Morgan fingerprint density at radius 2 is 1.06 bits per heavy atom. The van der Waals surface area contributed by atoms with Crippen LogP contribution in [0, 0.1) is 29.2 Å². The normalized spacial score (nSPS) is 11.1. The molecular weight excluding hydrogens is 611 g/mol. The summed E-state index contributed by atoms with van der Waals surface area (Å²) in [4.78, 5) is 3.79. The minimum atomic E-state index is 0.548. The van der Waals surface area contributed by atoms with Crippen LogP contribution in [-0.2, 0) is 0 Å². The molecule has 9 aromatic rings. The third kappa shape index (κ3) is 4.38. The van der Waals surface area contributed by atoms with E-state index in [0.29, 0.717) is 16.8 Å². The maximum atomic E-state index is 10.5. The fourth-order valence-corrected chi connectivity index (χ4v) is 7.37. The average molecular weight is 636 g/mol. The lowest BCUT2D eigenvalue weighted by atomic mass is 9.96. The Bertz CT molecular complexity index is 2920. The number of benzene rings is 7. The van der Waals surface area contributed by atoms with Crippen molar-refractivity contribution in [2.24, 2.45) is 0 Å². The highest BCUT2D eigenvalue weighted by atomic mass is 15.0. The van der Waals surface area contributed by atoms with Gasteiger partial charge < -0.3 is 9.13 Å². The second-order valence-corrected chi connectivity index (χ2v) is 12.3. The lowest BCUT2D eigenvalue weighted by Gasteiger charge is -2.16. The largest absolute Gasteiger partial charge is 0.310 e. The van der Waals surface area contributed by atoms with Crippen LogP contribution in [0.15, 0.2) is 152 Å². The number of hydrogen-bond acceptors (Lipinski definition) is 2. The highest BCUT2D eigenvalue weighted by Gasteiger charge is 2.18. The smallest absolute Gasteiger partial charge is 0.189 e. The van der Waals surface area contributed by atoms with Crippen molar-refractivity contribution in [3.05, 3.63) is 174 Å². The molecule has 0 aliphatic heterocycles. The van der Waals surface area contributed by atoms with Crippen molar-refractivity contribution in [3.8, 4) is 45.8 Å². The van der Waals surface area contributed by atoms with Gasteiger partial charge in [0.25, 0.3) is 0 Å². The van der Waals surface area contributed by atoms with E-state index >= 15 is 0 Å². The molecule has 0 aliphatic rings. The zero-order valence-electron chi connectivity index (χ0n) is 26.7. The van der Waals surface area contributed by atoms with E-state index in [9.17, 15) is 10.5 Å². The minimum absolute atomic E-state index is 0.548. The van der Waals surface area contributed by atoms with Crippen LogP contribution in [0.3, 0.4) is 0 Å².